The Morgan fingerprint density at radius 2 is 1.86 bits per heavy atom. The Hall–Kier alpha value is -3.72. The van der Waals surface area contributed by atoms with Gasteiger partial charge in [-0.25, -0.2) is 15.0 Å². The van der Waals surface area contributed by atoms with Gasteiger partial charge in [0.2, 0.25) is 5.91 Å². The van der Waals surface area contributed by atoms with E-state index >= 15 is 0 Å². The van der Waals surface area contributed by atoms with E-state index in [-0.39, 0.29) is 23.4 Å². The number of aromatic nitrogens is 3. The summed E-state index contributed by atoms with van der Waals surface area (Å²) < 4.78 is 0. The molecule has 1 spiro atoms. The SMILES string of the molecule is C[C@@H]1CN(c2ncnc3c2C2(CCC2)CN3c2cc(C#N)ccn2)[C@@H](C)CN1C(=O)C(C)(C)C#N. The number of piperazine rings is 1. The number of carbonyl (C=O) groups excluding carboxylic acids is 1. The topological polar surface area (TPSA) is 113 Å². The predicted octanol–water partition coefficient (Wildman–Crippen LogP) is 3.29. The average molecular weight is 471 g/mol. The molecule has 35 heavy (non-hydrogen) atoms. The van der Waals surface area contributed by atoms with Crippen molar-refractivity contribution in [2.24, 2.45) is 5.41 Å². The summed E-state index contributed by atoms with van der Waals surface area (Å²) in [5.74, 6) is 2.40. The van der Waals surface area contributed by atoms with Gasteiger partial charge in [-0.2, -0.15) is 10.5 Å². The maximum absolute atomic E-state index is 13.1. The van der Waals surface area contributed by atoms with Crippen molar-refractivity contribution >= 4 is 23.4 Å². The van der Waals surface area contributed by atoms with Gasteiger partial charge in [-0.3, -0.25) is 4.79 Å². The molecule has 1 amide bonds. The van der Waals surface area contributed by atoms with Crippen molar-refractivity contribution in [2.45, 2.75) is 64.5 Å². The van der Waals surface area contributed by atoms with Gasteiger partial charge in [0.05, 0.1) is 17.7 Å². The number of rotatable bonds is 3. The van der Waals surface area contributed by atoms with E-state index in [0.717, 1.165) is 48.8 Å². The van der Waals surface area contributed by atoms with Crippen LogP contribution in [0.3, 0.4) is 0 Å². The molecule has 0 bridgehead atoms. The molecule has 180 valence electrons. The van der Waals surface area contributed by atoms with Gasteiger partial charge >= 0.3 is 0 Å². The molecular formula is C26H30N8O. The number of nitrogens with zero attached hydrogens (tertiary/aromatic N) is 8. The average Bonchev–Trinajstić information content (AvgIpc) is 3.21. The summed E-state index contributed by atoms with van der Waals surface area (Å²) in [6.07, 6.45) is 6.57. The number of fused-ring (bicyclic) bond motifs is 2. The molecule has 2 fully saturated rings. The van der Waals surface area contributed by atoms with Gasteiger partial charge in [0, 0.05) is 48.9 Å². The van der Waals surface area contributed by atoms with E-state index in [0.29, 0.717) is 18.7 Å². The van der Waals surface area contributed by atoms with E-state index in [1.165, 1.54) is 0 Å². The molecule has 0 aromatic carbocycles. The number of nitriles is 2. The zero-order valence-corrected chi connectivity index (χ0v) is 20.7. The highest BCUT2D eigenvalue weighted by Crippen LogP contribution is 2.56. The van der Waals surface area contributed by atoms with E-state index in [2.05, 4.69) is 33.8 Å². The van der Waals surface area contributed by atoms with Crippen molar-refractivity contribution in [1.29, 1.82) is 10.5 Å². The summed E-state index contributed by atoms with van der Waals surface area (Å²) in [5.41, 5.74) is 0.651. The van der Waals surface area contributed by atoms with Crippen molar-refractivity contribution in [3.63, 3.8) is 0 Å². The quantitative estimate of drug-likeness (QED) is 0.671. The molecule has 0 radical (unpaired) electrons. The van der Waals surface area contributed by atoms with Gasteiger partial charge in [0.15, 0.2) is 0 Å². The van der Waals surface area contributed by atoms with Crippen LogP contribution < -0.4 is 9.80 Å². The van der Waals surface area contributed by atoms with E-state index in [1.54, 1.807) is 32.4 Å². The Balaban J connectivity index is 1.51. The number of anilines is 3. The van der Waals surface area contributed by atoms with Gasteiger partial charge < -0.3 is 14.7 Å². The van der Waals surface area contributed by atoms with Crippen molar-refractivity contribution in [3.8, 4) is 12.1 Å². The molecule has 4 heterocycles. The second kappa shape index (κ2) is 8.20. The Bertz CT molecular complexity index is 1250. The fourth-order valence-electron chi connectivity index (χ4n) is 5.67. The highest BCUT2D eigenvalue weighted by atomic mass is 16.2. The molecule has 1 saturated heterocycles. The van der Waals surface area contributed by atoms with Crippen LogP contribution in [-0.2, 0) is 10.2 Å². The van der Waals surface area contributed by atoms with Crippen molar-refractivity contribution in [1.82, 2.24) is 19.9 Å². The summed E-state index contributed by atoms with van der Waals surface area (Å²) >= 11 is 0. The van der Waals surface area contributed by atoms with Gasteiger partial charge in [0.1, 0.15) is 29.2 Å². The molecule has 9 heteroatoms. The summed E-state index contributed by atoms with van der Waals surface area (Å²) in [6.45, 7) is 9.45. The lowest BCUT2D eigenvalue weighted by atomic mass is 9.66. The van der Waals surface area contributed by atoms with Crippen molar-refractivity contribution in [2.75, 3.05) is 29.4 Å². The minimum Gasteiger partial charge on any atom is -0.350 e. The first-order chi connectivity index (χ1) is 16.7. The van der Waals surface area contributed by atoms with E-state index in [1.807, 2.05) is 17.9 Å². The van der Waals surface area contributed by atoms with Gasteiger partial charge in [-0.05, 0) is 52.7 Å². The van der Waals surface area contributed by atoms with Crippen LogP contribution in [0.4, 0.5) is 17.5 Å². The Labute approximate surface area is 206 Å². The fourth-order valence-corrected chi connectivity index (χ4v) is 5.67. The molecule has 2 aliphatic heterocycles. The fraction of sp³-hybridized carbons (Fsp3) is 0.538. The van der Waals surface area contributed by atoms with Crippen LogP contribution in [0.15, 0.2) is 24.7 Å². The minimum atomic E-state index is -1.05. The van der Waals surface area contributed by atoms with Gasteiger partial charge in [-0.15, -0.1) is 0 Å². The molecule has 0 N–H and O–H groups in total. The summed E-state index contributed by atoms with van der Waals surface area (Å²) in [4.78, 5) is 33.4. The summed E-state index contributed by atoms with van der Waals surface area (Å²) in [6, 6.07) is 7.86. The largest absolute Gasteiger partial charge is 0.350 e. The third-order valence-electron chi connectivity index (χ3n) is 7.85. The maximum atomic E-state index is 13.1. The predicted molar refractivity (Wildman–Crippen MR) is 131 cm³/mol. The second-order valence-corrected chi connectivity index (χ2v) is 10.7. The first kappa shape index (κ1) is 23.0. The molecule has 2 atom stereocenters. The molecule has 5 rings (SSSR count). The summed E-state index contributed by atoms with van der Waals surface area (Å²) in [5, 5.41) is 18.9. The summed E-state index contributed by atoms with van der Waals surface area (Å²) in [7, 11) is 0. The van der Waals surface area contributed by atoms with Crippen LogP contribution in [0.2, 0.25) is 0 Å². The Kier molecular flexibility index (Phi) is 5.40. The molecule has 1 saturated carbocycles. The highest BCUT2D eigenvalue weighted by molar-refractivity contribution is 5.85. The maximum Gasteiger partial charge on any atom is 0.242 e. The standard InChI is InChI=1S/C26H30N8O/c1-17-13-33(24(35)25(3,4)14-28)18(2)12-32(17)22-21-23(31-16-30-22)34(15-26(21)7-5-8-26)20-10-19(11-27)6-9-29-20/h6,9-10,16-18H,5,7-8,12-13,15H2,1-4H3/t17-,18+/m0/s1. The van der Waals surface area contributed by atoms with E-state index in [4.69, 9.17) is 9.97 Å². The second-order valence-electron chi connectivity index (χ2n) is 10.7. The first-order valence-corrected chi connectivity index (χ1v) is 12.2. The van der Waals surface area contributed by atoms with E-state index in [9.17, 15) is 15.3 Å². The molecule has 9 nitrogen and oxygen atoms in total. The minimum absolute atomic E-state index is 0.0328. The van der Waals surface area contributed by atoms with E-state index < -0.39 is 5.41 Å². The number of amides is 1. The number of hydrogen-bond acceptors (Lipinski definition) is 8. The third kappa shape index (κ3) is 3.58. The highest BCUT2D eigenvalue weighted by Gasteiger charge is 2.52. The van der Waals surface area contributed by atoms with Crippen molar-refractivity contribution in [3.05, 3.63) is 35.8 Å². The molecule has 2 aromatic heterocycles. The Morgan fingerprint density at radius 3 is 2.51 bits per heavy atom. The van der Waals surface area contributed by atoms with Crippen LogP contribution in [0.25, 0.3) is 0 Å². The lowest BCUT2D eigenvalue weighted by Crippen LogP contribution is -2.60. The number of pyridine rings is 1. The molecule has 0 unspecified atom stereocenters. The van der Waals surface area contributed by atoms with Gasteiger partial charge in [0.25, 0.3) is 0 Å². The molecule has 1 aliphatic carbocycles. The van der Waals surface area contributed by atoms with Gasteiger partial charge in [-0.1, -0.05) is 6.42 Å². The molecule has 3 aliphatic rings. The van der Waals surface area contributed by atoms with Crippen LogP contribution >= 0.6 is 0 Å². The Morgan fingerprint density at radius 1 is 1.11 bits per heavy atom. The van der Waals surface area contributed by atoms with Crippen LogP contribution in [0, 0.1) is 28.1 Å². The van der Waals surface area contributed by atoms with Crippen LogP contribution in [0.1, 0.15) is 58.1 Å². The van der Waals surface area contributed by atoms with Crippen LogP contribution in [0.5, 0.6) is 0 Å². The number of carbonyl (C=O) groups is 1. The first-order valence-electron chi connectivity index (χ1n) is 12.2. The lowest BCUT2D eigenvalue weighted by Gasteiger charge is -2.47. The number of hydrogen-bond donors (Lipinski definition) is 0. The normalized spacial score (nSPS) is 22.9. The smallest absolute Gasteiger partial charge is 0.242 e. The van der Waals surface area contributed by atoms with Crippen molar-refractivity contribution < 1.29 is 4.79 Å². The molecule has 2 aromatic rings. The molecular weight excluding hydrogens is 440 g/mol. The zero-order valence-electron chi connectivity index (χ0n) is 20.7. The third-order valence-corrected chi connectivity index (χ3v) is 7.85. The monoisotopic (exact) mass is 470 g/mol. The lowest BCUT2D eigenvalue weighted by molar-refractivity contribution is -0.140. The zero-order chi connectivity index (χ0) is 25.0. The van der Waals surface area contributed by atoms with Crippen LogP contribution in [-0.4, -0.2) is 57.5 Å².